The van der Waals surface area contributed by atoms with Gasteiger partial charge in [-0.1, -0.05) is 24.3 Å². The number of nitrogens with one attached hydrogen (secondary N) is 2. The first-order chi connectivity index (χ1) is 12.7. The van der Waals surface area contributed by atoms with Crippen molar-refractivity contribution in [2.75, 3.05) is 13.6 Å². The molecule has 0 spiro atoms. The van der Waals surface area contributed by atoms with Crippen LogP contribution in [0, 0.1) is 13.8 Å². The van der Waals surface area contributed by atoms with Crippen molar-refractivity contribution < 1.29 is 0 Å². The van der Waals surface area contributed by atoms with Gasteiger partial charge in [0.2, 0.25) is 0 Å². The number of aliphatic imine (C=N–C) groups is 1. The van der Waals surface area contributed by atoms with Crippen LogP contribution in [0.3, 0.4) is 0 Å². The zero-order chi connectivity index (χ0) is 18.4. The molecule has 0 aliphatic rings. The summed E-state index contributed by atoms with van der Waals surface area (Å²) in [6.07, 6.45) is 2.82. The first-order valence-corrected chi connectivity index (χ1v) is 8.95. The molecule has 27 heavy (non-hydrogen) atoms. The lowest BCUT2D eigenvalue weighted by atomic mass is 10.1. The first-order valence-electron chi connectivity index (χ1n) is 8.95. The number of para-hydroxylation sites is 1. The molecule has 7 heteroatoms. The molecule has 0 bridgehead atoms. The summed E-state index contributed by atoms with van der Waals surface area (Å²) in [6.45, 7) is 6.54. The van der Waals surface area contributed by atoms with Gasteiger partial charge in [-0.25, -0.2) is 0 Å². The van der Waals surface area contributed by atoms with E-state index in [9.17, 15) is 0 Å². The van der Waals surface area contributed by atoms with Gasteiger partial charge in [-0.2, -0.15) is 5.10 Å². The van der Waals surface area contributed by atoms with Gasteiger partial charge in [-0.15, -0.1) is 24.0 Å². The maximum Gasteiger partial charge on any atom is 0.191 e. The smallest absolute Gasteiger partial charge is 0.191 e. The number of hydrogen-bond donors (Lipinski definition) is 2. The van der Waals surface area contributed by atoms with Crippen LogP contribution in [-0.4, -0.2) is 34.3 Å². The molecule has 0 fully saturated rings. The highest BCUT2D eigenvalue weighted by molar-refractivity contribution is 14.0. The Labute approximate surface area is 177 Å². The molecule has 0 amide bonds. The molecule has 0 aliphatic carbocycles. The molecule has 3 aromatic rings. The van der Waals surface area contributed by atoms with Crippen LogP contribution in [0.1, 0.15) is 23.4 Å². The molecule has 144 valence electrons. The van der Waals surface area contributed by atoms with Gasteiger partial charge >= 0.3 is 0 Å². The maximum atomic E-state index is 4.49. The van der Waals surface area contributed by atoms with Gasteiger partial charge in [0.25, 0.3) is 0 Å². The zero-order valence-corrected chi connectivity index (χ0v) is 18.4. The summed E-state index contributed by atoms with van der Waals surface area (Å²) in [5.41, 5.74) is 4.46. The Morgan fingerprint density at radius 1 is 1.15 bits per heavy atom. The number of benzene rings is 1. The van der Waals surface area contributed by atoms with Crippen LogP contribution in [-0.2, 0) is 13.1 Å². The predicted octanol–water partition coefficient (Wildman–Crippen LogP) is 3.42. The third kappa shape index (κ3) is 5.66. The van der Waals surface area contributed by atoms with E-state index >= 15 is 0 Å². The second-order valence-electron chi connectivity index (χ2n) is 6.35. The number of rotatable bonds is 6. The molecule has 1 aromatic carbocycles. The molecule has 6 nitrogen and oxygen atoms in total. The fourth-order valence-electron chi connectivity index (χ4n) is 3.05. The van der Waals surface area contributed by atoms with Gasteiger partial charge in [-0.3, -0.25) is 14.7 Å². The van der Waals surface area contributed by atoms with Crippen molar-refractivity contribution in [3.05, 3.63) is 59.5 Å². The third-order valence-corrected chi connectivity index (χ3v) is 4.33. The quantitative estimate of drug-likeness (QED) is 0.247. The molecule has 0 saturated carbocycles. The fourth-order valence-corrected chi connectivity index (χ4v) is 3.05. The summed E-state index contributed by atoms with van der Waals surface area (Å²) in [4.78, 5) is 8.80. The van der Waals surface area contributed by atoms with Crippen LogP contribution in [0.2, 0.25) is 0 Å². The molecule has 3 rings (SSSR count). The second kappa shape index (κ2) is 10.2. The number of pyridine rings is 1. The summed E-state index contributed by atoms with van der Waals surface area (Å²) in [6, 6.07) is 12.4. The molecule has 0 unspecified atom stereocenters. The van der Waals surface area contributed by atoms with Crippen molar-refractivity contribution in [3.8, 4) is 0 Å². The number of aryl methyl sites for hydroxylation is 3. The molecule has 0 radical (unpaired) electrons. The van der Waals surface area contributed by atoms with Crippen LogP contribution in [0.5, 0.6) is 0 Å². The fraction of sp³-hybridized carbons (Fsp3) is 0.350. The third-order valence-electron chi connectivity index (χ3n) is 4.33. The summed E-state index contributed by atoms with van der Waals surface area (Å²) in [5, 5.41) is 12.4. The maximum absolute atomic E-state index is 4.49. The van der Waals surface area contributed by atoms with Crippen LogP contribution < -0.4 is 10.6 Å². The molecule has 0 atom stereocenters. The van der Waals surface area contributed by atoms with E-state index in [1.165, 1.54) is 5.69 Å². The van der Waals surface area contributed by atoms with Crippen molar-refractivity contribution in [2.24, 2.45) is 4.99 Å². The highest BCUT2D eigenvalue weighted by Crippen LogP contribution is 2.15. The highest BCUT2D eigenvalue weighted by Gasteiger charge is 2.04. The Morgan fingerprint density at radius 2 is 1.96 bits per heavy atom. The lowest BCUT2D eigenvalue weighted by Gasteiger charge is -2.13. The molecular formula is C20H27IN6. The molecule has 2 N–H and O–H groups in total. The Balaban J connectivity index is 0.00000261. The van der Waals surface area contributed by atoms with E-state index < -0.39 is 0 Å². The van der Waals surface area contributed by atoms with Crippen molar-refractivity contribution >= 4 is 40.8 Å². The van der Waals surface area contributed by atoms with Gasteiger partial charge < -0.3 is 10.6 Å². The number of guanidine groups is 1. The van der Waals surface area contributed by atoms with Crippen LogP contribution in [0.25, 0.3) is 10.9 Å². The van der Waals surface area contributed by atoms with E-state index in [0.29, 0.717) is 6.54 Å². The van der Waals surface area contributed by atoms with Gasteiger partial charge in [0, 0.05) is 44.0 Å². The molecule has 0 saturated heterocycles. The highest BCUT2D eigenvalue weighted by atomic mass is 127. The standard InChI is InChI=1S/C20H26N6.HI/c1-15-13-16(2)26(25-15)12-6-11-23-20(21-3)24-14-18-8-4-7-17-9-5-10-22-19(17)18;/h4-5,7-10,13H,6,11-12,14H2,1-3H3,(H2,21,23,24);1H. The number of aromatic nitrogens is 3. The minimum absolute atomic E-state index is 0. The minimum atomic E-state index is 0. The van der Waals surface area contributed by atoms with E-state index in [1.807, 2.05) is 19.2 Å². The van der Waals surface area contributed by atoms with Gasteiger partial charge in [0.15, 0.2) is 5.96 Å². The Hall–Kier alpha value is -2.16. The number of fused-ring (bicyclic) bond motifs is 1. The largest absolute Gasteiger partial charge is 0.356 e. The topological polar surface area (TPSA) is 67.1 Å². The number of halogens is 1. The van der Waals surface area contributed by atoms with Crippen LogP contribution >= 0.6 is 24.0 Å². The average Bonchev–Trinajstić information content (AvgIpc) is 2.98. The van der Waals surface area contributed by atoms with E-state index in [0.717, 1.165) is 47.6 Å². The van der Waals surface area contributed by atoms with E-state index in [2.05, 4.69) is 67.6 Å². The summed E-state index contributed by atoms with van der Waals surface area (Å²) >= 11 is 0. The SMILES string of the molecule is CN=C(NCCCn1nc(C)cc1C)NCc1cccc2cccnc12.I. The van der Waals surface area contributed by atoms with Crippen molar-refractivity contribution in [1.82, 2.24) is 25.4 Å². The van der Waals surface area contributed by atoms with Gasteiger partial charge in [0.1, 0.15) is 0 Å². The summed E-state index contributed by atoms with van der Waals surface area (Å²) in [5.74, 6) is 0.798. The summed E-state index contributed by atoms with van der Waals surface area (Å²) in [7, 11) is 1.79. The monoisotopic (exact) mass is 478 g/mol. The lowest BCUT2D eigenvalue weighted by molar-refractivity contribution is 0.555. The summed E-state index contributed by atoms with van der Waals surface area (Å²) < 4.78 is 2.05. The average molecular weight is 478 g/mol. The minimum Gasteiger partial charge on any atom is -0.356 e. The van der Waals surface area contributed by atoms with Crippen molar-refractivity contribution in [1.29, 1.82) is 0 Å². The van der Waals surface area contributed by atoms with Crippen LogP contribution in [0.15, 0.2) is 47.6 Å². The van der Waals surface area contributed by atoms with Gasteiger partial charge in [-0.05, 0) is 38.0 Å². The Morgan fingerprint density at radius 3 is 2.70 bits per heavy atom. The number of hydrogen-bond acceptors (Lipinski definition) is 3. The molecule has 2 aromatic heterocycles. The lowest BCUT2D eigenvalue weighted by Crippen LogP contribution is -2.37. The van der Waals surface area contributed by atoms with Crippen LogP contribution in [0.4, 0.5) is 0 Å². The number of nitrogens with zero attached hydrogens (tertiary/aromatic N) is 4. The molecular weight excluding hydrogens is 451 g/mol. The van der Waals surface area contributed by atoms with E-state index in [1.54, 1.807) is 7.05 Å². The second-order valence-corrected chi connectivity index (χ2v) is 6.35. The van der Waals surface area contributed by atoms with E-state index in [4.69, 9.17) is 0 Å². The van der Waals surface area contributed by atoms with Gasteiger partial charge in [0.05, 0.1) is 11.2 Å². The van der Waals surface area contributed by atoms with E-state index in [-0.39, 0.29) is 24.0 Å². The Kier molecular flexibility index (Phi) is 8.02. The van der Waals surface area contributed by atoms with Crippen molar-refractivity contribution in [3.63, 3.8) is 0 Å². The molecule has 0 aliphatic heterocycles. The predicted molar refractivity (Wildman–Crippen MR) is 122 cm³/mol. The zero-order valence-electron chi connectivity index (χ0n) is 16.1. The van der Waals surface area contributed by atoms with Crippen molar-refractivity contribution in [2.45, 2.75) is 33.4 Å². The normalized spacial score (nSPS) is 11.3. The first kappa shape index (κ1) is 21.1. The Bertz CT molecular complexity index is 897. The molecule has 2 heterocycles.